The van der Waals surface area contributed by atoms with Crippen LogP contribution >= 0.6 is 0 Å². The highest BCUT2D eigenvalue weighted by Gasteiger charge is 2.09. The minimum Gasteiger partial charge on any atom is -0.385 e. The number of aryl methyl sites for hydroxylation is 1. The van der Waals surface area contributed by atoms with Gasteiger partial charge in [-0.3, -0.25) is 9.78 Å². The molecule has 21 heavy (non-hydrogen) atoms. The molecule has 0 unspecified atom stereocenters. The molecular formula is C17H21N3O. The van der Waals surface area contributed by atoms with Gasteiger partial charge in [-0.15, -0.1) is 0 Å². The van der Waals surface area contributed by atoms with Crippen LogP contribution < -0.4 is 10.6 Å². The molecular weight excluding hydrogens is 262 g/mol. The zero-order chi connectivity index (χ0) is 15.1. The van der Waals surface area contributed by atoms with Crippen molar-refractivity contribution in [2.24, 2.45) is 0 Å². The zero-order valence-electron chi connectivity index (χ0n) is 12.5. The maximum absolute atomic E-state index is 12.2. The Hall–Kier alpha value is -2.36. The number of amides is 1. The minimum absolute atomic E-state index is 0.191. The average molecular weight is 283 g/mol. The minimum atomic E-state index is -0.191. The molecule has 4 nitrogen and oxygen atoms in total. The van der Waals surface area contributed by atoms with Crippen LogP contribution in [-0.4, -0.2) is 17.4 Å². The maximum atomic E-state index is 12.2. The third kappa shape index (κ3) is 4.31. The van der Waals surface area contributed by atoms with E-state index >= 15 is 0 Å². The first kappa shape index (κ1) is 15.0. The summed E-state index contributed by atoms with van der Waals surface area (Å²) in [6, 6.07) is 11.4. The number of nitrogens with one attached hydrogen (secondary N) is 2. The molecule has 0 aliphatic carbocycles. The number of carbonyl (C=O) groups excluding carboxylic acids is 1. The Balaban J connectivity index is 2.05. The van der Waals surface area contributed by atoms with Crippen molar-refractivity contribution in [1.29, 1.82) is 0 Å². The van der Waals surface area contributed by atoms with Crippen LogP contribution in [0.5, 0.6) is 0 Å². The lowest BCUT2D eigenvalue weighted by Gasteiger charge is -2.09. The van der Waals surface area contributed by atoms with Gasteiger partial charge in [0.25, 0.3) is 5.91 Å². The van der Waals surface area contributed by atoms with Crippen LogP contribution in [0.1, 0.15) is 35.8 Å². The summed E-state index contributed by atoms with van der Waals surface area (Å²) >= 11 is 0. The van der Waals surface area contributed by atoms with Crippen molar-refractivity contribution in [3.63, 3.8) is 0 Å². The van der Waals surface area contributed by atoms with E-state index in [4.69, 9.17) is 0 Å². The number of aromatic nitrogens is 1. The van der Waals surface area contributed by atoms with E-state index in [0.717, 1.165) is 36.3 Å². The van der Waals surface area contributed by atoms with Crippen LogP contribution in [0.15, 0.2) is 42.6 Å². The molecule has 2 aromatic rings. The quantitative estimate of drug-likeness (QED) is 0.792. The zero-order valence-corrected chi connectivity index (χ0v) is 12.5. The van der Waals surface area contributed by atoms with Crippen molar-refractivity contribution in [3.05, 3.63) is 53.9 Å². The highest BCUT2D eigenvalue weighted by atomic mass is 16.1. The van der Waals surface area contributed by atoms with Gasteiger partial charge in [0, 0.05) is 24.1 Å². The van der Waals surface area contributed by atoms with Gasteiger partial charge in [0.05, 0.1) is 0 Å². The summed E-state index contributed by atoms with van der Waals surface area (Å²) in [6.07, 6.45) is 3.90. The molecule has 0 spiro atoms. The van der Waals surface area contributed by atoms with Crippen LogP contribution in [0.25, 0.3) is 0 Å². The van der Waals surface area contributed by atoms with E-state index in [1.165, 1.54) is 0 Å². The van der Waals surface area contributed by atoms with E-state index in [1.54, 1.807) is 12.3 Å². The molecule has 1 aromatic carbocycles. The largest absolute Gasteiger partial charge is 0.385 e. The van der Waals surface area contributed by atoms with Gasteiger partial charge < -0.3 is 10.6 Å². The molecule has 1 amide bonds. The topological polar surface area (TPSA) is 54.0 Å². The van der Waals surface area contributed by atoms with Gasteiger partial charge in [-0.2, -0.15) is 0 Å². The average Bonchev–Trinajstić information content (AvgIpc) is 2.50. The summed E-state index contributed by atoms with van der Waals surface area (Å²) in [5, 5.41) is 6.19. The summed E-state index contributed by atoms with van der Waals surface area (Å²) in [5.74, 6) is -0.191. The summed E-state index contributed by atoms with van der Waals surface area (Å²) in [6.45, 7) is 5.01. The van der Waals surface area contributed by atoms with Crippen molar-refractivity contribution in [2.45, 2.75) is 26.7 Å². The SMILES string of the molecule is CCCCNc1ccnc(C(=O)Nc2ccccc2C)c1. The second kappa shape index (κ2) is 7.43. The summed E-state index contributed by atoms with van der Waals surface area (Å²) in [5.41, 5.74) is 3.19. The number of hydrogen-bond donors (Lipinski definition) is 2. The highest BCUT2D eigenvalue weighted by Crippen LogP contribution is 2.15. The van der Waals surface area contributed by atoms with Crippen molar-refractivity contribution in [2.75, 3.05) is 17.2 Å². The number of unbranched alkanes of at least 4 members (excludes halogenated alkanes) is 1. The Bertz CT molecular complexity index is 610. The maximum Gasteiger partial charge on any atom is 0.274 e. The van der Waals surface area contributed by atoms with Gasteiger partial charge >= 0.3 is 0 Å². The molecule has 4 heteroatoms. The molecule has 2 rings (SSSR count). The van der Waals surface area contributed by atoms with Crippen molar-refractivity contribution < 1.29 is 4.79 Å². The first-order chi connectivity index (χ1) is 10.2. The van der Waals surface area contributed by atoms with Crippen LogP contribution in [0.4, 0.5) is 11.4 Å². The second-order valence-electron chi connectivity index (χ2n) is 4.98. The molecule has 0 fully saturated rings. The van der Waals surface area contributed by atoms with E-state index in [1.807, 2.05) is 37.3 Å². The van der Waals surface area contributed by atoms with Gasteiger partial charge in [0.15, 0.2) is 0 Å². The van der Waals surface area contributed by atoms with Crippen LogP contribution in [0.2, 0.25) is 0 Å². The van der Waals surface area contributed by atoms with Crippen molar-refractivity contribution >= 4 is 17.3 Å². The number of para-hydroxylation sites is 1. The molecule has 0 bridgehead atoms. The van der Waals surface area contributed by atoms with Gasteiger partial charge in [-0.05, 0) is 37.1 Å². The fraction of sp³-hybridized carbons (Fsp3) is 0.294. The van der Waals surface area contributed by atoms with E-state index in [0.29, 0.717) is 5.69 Å². The van der Waals surface area contributed by atoms with Gasteiger partial charge in [0.1, 0.15) is 5.69 Å². The molecule has 0 saturated heterocycles. The number of carbonyl (C=O) groups is 1. The molecule has 0 aliphatic heterocycles. The smallest absolute Gasteiger partial charge is 0.274 e. The van der Waals surface area contributed by atoms with Gasteiger partial charge in [0.2, 0.25) is 0 Å². The third-order valence-electron chi connectivity index (χ3n) is 3.25. The molecule has 110 valence electrons. The highest BCUT2D eigenvalue weighted by molar-refractivity contribution is 6.03. The monoisotopic (exact) mass is 283 g/mol. The molecule has 0 atom stereocenters. The molecule has 0 radical (unpaired) electrons. The normalized spacial score (nSPS) is 10.2. The first-order valence-corrected chi connectivity index (χ1v) is 7.27. The standard InChI is InChI=1S/C17H21N3O/c1-3-4-10-18-14-9-11-19-16(12-14)17(21)20-15-8-6-5-7-13(15)2/h5-9,11-12H,3-4,10H2,1-2H3,(H,18,19)(H,20,21). The molecule has 0 saturated carbocycles. The Morgan fingerprint density at radius 1 is 1.24 bits per heavy atom. The van der Waals surface area contributed by atoms with E-state index in [2.05, 4.69) is 22.5 Å². The summed E-state index contributed by atoms with van der Waals surface area (Å²) in [4.78, 5) is 16.4. The molecule has 1 heterocycles. The number of benzene rings is 1. The van der Waals surface area contributed by atoms with E-state index < -0.39 is 0 Å². The molecule has 2 N–H and O–H groups in total. The number of nitrogens with zero attached hydrogens (tertiary/aromatic N) is 1. The number of anilines is 2. The van der Waals surface area contributed by atoms with Gasteiger partial charge in [-0.1, -0.05) is 31.5 Å². The Morgan fingerprint density at radius 3 is 2.81 bits per heavy atom. The predicted molar refractivity (Wildman–Crippen MR) is 86.8 cm³/mol. The lowest BCUT2D eigenvalue weighted by molar-refractivity contribution is 0.102. The molecule has 0 aliphatic rings. The lowest BCUT2D eigenvalue weighted by atomic mass is 10.2. The van der Waals surface area contributed by atoms with Crippen LogP contribution in [-0.2, 0) is 0 Å². The van der Waals surface area contributed by atoms with E-state index in [9.17, 15) is 4.79 Å². The van der Waals surface area contributed by atoms with E-state index in [-0.39, 0.29) is 5.91 Å². The van der Waals surface area contributed by atoms with Crippen molar-refractivity contribution in [1.82, 2.24) is 4.98 Å². The predicted octanol–water partition coefficient (Wildman–Crippen LogP) is 3.85. The summed E-state index contributed by atoms with van der Waals surface area (Å²) < 4.78 is 0. The van der Waals surface area contributed by atoms with Crippen LogP contribution in [0.3, 0.4) is 0 Å². The Kier molecular flexibility index (Phi) is 5.32. The Labute approximate surface area is 125 Å². The number of rotatable bonds is 6. The first-order valence-electron chi connectivity index (χ1n) is 7.27. The fourth-order valence-corrected chi connectivity index (χ4v) is 1.97. The van der Waals surface area contributed by atoms with Crippen LogP contribution in [0, 0.1) is 6.92 Å². The van der Waals surface area contributed by atoms with Crippen molar-refractivity contribution in [3.8, 4) is 0 Å². The Morgan fingerprint density at radius 2 is 2.05 bits per heavy atom. The number of pyridine rings is 1. The fourth-order valence-electron chi connectivity index (χ4n) is 1.97. The second-order valence-corrected chi connectivity index (χ2v) is 4.98. The summed E-state index contributed by atoms with van der Waals surface area (Å²) in [7, 11) is 0. The molecule has 1 aromatic heterocycles. The third-order valence-corrected chi connectivity index (χ3v) is 3.25. The van der Waals surface area contributed by atoms with Gasteiger partial charge in [-0.25, -0.2) is 0 Å². The lowest BCUT2D eigenvalue weighted by Crippen LogP contribution is -2.14. The number of hydrogen-bond acceptors (Lipinski definition) is 3.